The molecule has 1 heterocycles. The minimum Gasteiger partial charge on any atom is -0.491 e. The maximum Gasteiger partial charge on any atom is 0.339 e. The van der Waals surface area contributed by atoms with Crippen LogP contribution in [0.4, 0.5) is 0 Å². The standard InChI is InChI=1S/C15H21NO5/c17-11-15(5-8-20-9-6-15)16-7-10-21-13-4-2-1-3-12(13)14(18)19/h1-4,16-17H,5-11H2,(H,18,19). The molecule has 0 spiro atoms. The van der Waals surface area contributed by atoms with E-state index in [-0.39, 0.29) is 17.7 Å². The van der Waals surface area contributed by atoms with Gasteiger partial charge in [-0.1, -0.05) is 12.1 Å². The number of benzene rings is 1. The molecule has 1 fully saturated rings. The van der Waals surface area contributed by atoms with Crippen molar-refractivity contribution >= 4 is 5.97 Å². The quantitative estimate of drug-likeness (QED) is 0.648. The number of carboxylic acids is 1. The molecular weight excluding hydrogens is 274 g/mol. The number of aliphatic hydroxyl groups is 1. The van der Waals surface area contributed by atoms with E-state index in [1.54, 1.807) is 18.2 Å². The van der Waals surface area contributed by atoms with E-state index >= 15 is 0 Å². The number of aliphatic hydroxyl groups excluding tert-OH is 1. The van der Waals surface area contributed by atoms with Gasteiger partial charge in [0.15, 0.2) is 0 Å². The van der Waals surface area contributed by atoms with E-state index in [1.165, 1.54) is 6.07 Å². The number of aromatic carboxylic acids is 1. The molecular formula is C15H21NO5. The monoisotopic (exact) mass is 295 g/mol. The molecule has 0 unspecified atom stereocenters. The zero-order chi connectivity index (χ0) is 15.1. The van der Waals surface area contributed by atoms with Crippen molar-refractivity contribution in [2.45, 2.75) is 18.4 Å². The predicted octanol–water partition coefficient (Wildman–Crippen LogP) is 0.895. The first kappa shape index (κ1) is 15.8. The molecule has 3 N–H and O–H groups in total. The average Bonchev–Trinajstić information content (AvgIpc) is 2.53. The van der Waals surface area contributed by atoms with Gasteiger partial charge in [0.25, 0.3) is 0 Å². The van der Waals surface area contributed by atoms with Crippen LogP contribution < -0.4 is 10.1 Å². The molecule has 0 bridgehead atoms. The molecule has 1 aromatic carbocycles. The third-order valence-electron chi connectivity index (χ3n) is 3.73. The minimum absolute atomic E-state index is 0.0576. The van der Waals surface area contributed by atoms with Gasteiger partial charge < -0.3 is 25.0 Å². The van der Waals surface area contributed by atoms with Gasteiger partial charge in [0.2, 0.25) is 0 Å². The number of ether oxygens (including phenoxy) is 2. The van der Waals surface area contributed by atoms with Crippen LogP contribution in [0.5, 0.6) is 5.75 Å². The van der Waals surface area contributed by atoms with Gasteiger partial charge in [0.05, 0.1) is 6.61 Å². The smallest absolute Gasteiger partial charge is 0.339 e. The lowest BCUT2D eigenvalue weighted by molar-refractivity contribution is 0.0108. The van der Waals surface area contributed by atoms with E-state index in [1.807, 2.05) is 0 Å². The van der Waals surface area contributed by atoms with Gasteiger partial charge in [-0.15, -0.1) is 0 Å². The van der Waals surface area contributed by atoms with Crippen molar-refractivity contribution in [1.29, 1.82) is 0 Å². The van der Waals surface area contributed by atoms with Gasteiger partial charge in [-0.2, -0.15) is 0 Å². The maximum atomic E-state index is 11.1. The highest BCUT2D eigenvalue weighted by molar-refractivity contribution is 5.90. The van der Waals surface area contributed by atoms with Gasteiger partial charge in [-0.25, -0.2) is 4.79 Å². The second kappa shape index (κ2) is 7.40. The van der Waals surface area contributed by atoms with Gasteiger partial charge >= 0.3 is 5.97 Å². The van der Waals surface area contributed by atoms with E-state index in [0.717, 1.165) is 12.8 Å². The number of nitrogens with one attached hydrogen (secondary N) is 1. The van der Waals surface area contributed by atoms with Crippen LogP contribution in [0.2, 0.25) is 0 Å². The molecule has 0 aliphatic carbocycles. The van der Waals surface area contributed by atoms with Crippen LogP contribution in [0, 0.1) is 0 Å². The normalized spacial score (nSPS) is 17.4. The SMILES string of the molecule is O=C(O)c1ccccc1OCCNC1(CO)CCOCC1. The van der Waals surface area contributed by atoms with E-state index in [0.29, 0.717) is 32.1 Å². The lowest BCUT2D eigenvalue weighted by Gasteiger charge is -2.36. The van der Waals surface area contributed by atoms with Crippen molar-refractivity contribution in [3.63, 3.8) is 0 Å². The summed E-state index contributed by atoms with van der Waals surface area (Å²) in [7, 11) is 0. The zero-order valence-electron chi connectivity index (χ0n) is 11.9. The summed E-state index contributed by atoms with van der Waals surface area (Å²) < 4.78 is 10.8. The van der Waals surface area contributed by atoms with Crippen LogP contribution in [0.3, 0.4) is 0 Å². The lowest BCUT2D eigenvalue weighted by atomic mass is 9.91. The molecule has 0 saturated carbocycles. The Bertz CT molecular complexity index is 471. The van der Waals surface area contributed by atoms with Crippen molar-refractivity contribution in [2.75, 3.05) is 33.0 Å². The summed E-state index contributed by atoms with van der Waals surface area (Å²) in [6.45, 7) is 2.20. The maximum absolute atomic E-state index is 11.1. The summed E-state index contributed by atoms with van der Waals surface area (Å²) in [5, 5.41) is 21.9. The number of hydrogen-bond acceptors (Lipinski definition) is 5. The molecule has 2 rings (SSSR count). The van der Waals surface area contributed by atoms with Crippen LogP contribution in [-0.2, 0) is 4.74 Å². The molecule has 1 aromatic rings. The molecule has 6 nitrogen and oxygen atoms in total. The molecule has 0 atom stereocenters. The highest BCUT2D eigenvalue weighted by Gasteiger charge is 2.31. The third kappa shape index (κ3) is 4.17. The summed E-state index contributed by atoms with van der Waals surface area (Å²) in [4.78, 5) is 11.1. The summed E-state index contributed by atoms with van der Waals surface area (Å²) in [6, 6.07) is 6.55. The summed E-state index contributed by atoms with van der Waals surface area (Å²) in [6.07, 6.45) is 1.52. The molecule has 6 heteroatoms. The number of hydrogen-bond donors (Lipinski definition) is 3. The highest BCUT2D eigenvalue weighted by Crippen LogP contribution is 2.20. The summed E-state index contributed by atoms with van der Waals surface area (Å²) >= 11 is 0. The number of rotatable bonds is 7. The van der Waals surface area contributed by atoms with Crippen molar-refractivity contribution < 1.29 is 24.5 Å². The number of carbonyl (C=O) groups is 1. The first-order chi connectivity index (χ1) is 10.2. The third-order valence-corrected chi connectivity index (χ3v) is 3.73. The number of para-hydroxylation sites is 1. The van der Waals surface area contributed by atoms with Crippen LogP contribution in [0.1, 0.15) is 23.2 Å². The second-order valence-corrected chi connectivity index (χ2v) is 5.13. The predicted molar refractivity (Wildman–Crippen MR) is 76.8 cm³/mol. The van der Waals surface area contributed by atoms with E-state index in [9.17, 15) is 9.90 Å². The van der Waals surface area contributed by atoms with Crippen LogP contribution in [0.25, 0.3) is 0 Å². The van der Waals surface area contributed by atoms with Crippen LogP contribution in [-0.4, -0.2) is 54.7 Å². The molecule has 1 aliphatic heterocycles. The topological polar surface area (TPSA) is 88.0 Å². The van der Waals surface area contributed by atoms with Crippen LogP contribution in [0.15, 0.2) is 24.3 Å². The molecule has 21 heavy (non-hydrogen) atoms. The molecule has 1 aliphatic rings. The molecule has 116 valence electrons. The van der Waals surface area contributed by atoms with Gasteiger partial charge in [0, 0.05) is 25.3 Å². The number of carboxylic acid groups (broad SMARTS) is 1. The Labute approximate surface area is 123 Å². The Morgan fingerprint density at radius 1 is 1.33 bits per heavy atom. The van der Waals surface area contributed by atoms with Crippen LogP contribution >= 0.6 is 0 Å². The van der Waals surface area contributed by atoms with Gasteiger partial charge in [0.1, 0.15) is 17.9 Å². The Kier molecular flexibility index (Phi) is 5.55. The van der Waals surface area contributed by atoms with E-state index in [2.05, 4.69) is 5.32 Å². The van der Waals surface area contributed by atoms with Crippen molar-refractivity contribution in [3.05, 3.63) is 29.8 Å². The molecule has 0 aromatic heterocycles. The van der Waals surface area contributed by atoms with Crippen molar-refractivity contribution in [1.82, 2.24) is 5.32 Å². The van der Waals surface area contributed by atoms with Gasteiger partial charge in [-0.05, 0) is 25.0 Å². The largest absolute Gasteiger partial charge is 0.491 e. The summed E-state index contributed by atoms with van der Waals surface area (Å²) in [5.74, 6) is -0.647. The van der Waals surface area contributed by atoms with E-state index < -0.39 is 5.97 Å². The second-order valence-electron chi connectivity index (χ2n) is 5.13. The molecule has 0 amide bonds. The van der Waals surface area contributed by atoms with Crippen molar-refractivity contribution in [3.8, 4) is 5.75 Å². The van der Waals surface area contributed by atoms with Crippen molar-refractivity contribution in [2.24, 2.45) is 0 Å². The fraction of sp³-hybridized carbons (Fsp3) is 0.533. The zero-order valence-corrected chi connectivity index (χ0v) is 11.9. The van der Waals surface area contributed by atoms with Gasteiger partial charge in [-0.3, -0.25) is 0 Å². The fourth-order valence-electron chi connectivity index (χ4n) is 2.40. The lowest BCUT2D eigenvalue weighted by Crippen LogP contribution is -2.53. The Morgan fingerprint density at radius 2 is 2.05 bits per heavy atom. The molecule has 0 radical (unpaired) electrons. The summed E-state index contributed by atoms with van der Waals surface area (Å²) in [5.41, 5.74) is -0.158. The molecule has 1 saturated heterocycles. The fourth-order valence-corrected chi connectivity index (χ4v) is 2.40. The average molecular weight is 295 g/mol. The Hall–Kier alpha value is -1.63. The first-order valence-corrected chi connectivity index (χ1v) is 7.06. The Balaban J connectivity index is 1.83. The van der Waals surface area contributed by atoms with E-state index in [4.69, 9.17) is 14.6 Å². The first-order valence-electron chi connectivity index (χ1n) is 7.06. The minimum atomic E-state index is -1.00. The highest BCUT2D eigenvalue weighted by atomic mass is 16.5. The Morgan fingerprint density at radius 3 is 2.71 bits per heavy atom.